The molecule has 0 aromatic heterocycles. The lowest BCUT2D eigenvalue weighted by atomic mass is 10.0. The molecule has 10 heteroatoms. The third-order valence-electron chi connectivity index (χ3n) is 16.6. The van der Waals surface area contributed by atoms with Crippen molar-refractivity contribution in [1.29, 1.82) is 0 Å². The number of hydrogen-bond donors (Lipinski definition) is 2. The van der Waals surface area contributed by atoms with Crippen molar-refractivity contribution in [3.05, 3.63) is 170 Å². The van der Waals surface area contributed by atoms with Crippen LogP contribution in [-0.2, 0) is 32.7 Å². The highest BCUT2D eigenvalue weighted by Gasteiger charge is 2.26. The summed E-state index contributed by atoms with van der Waals surface area (Å²) >= 11 is 0. The molecule has 0 spiro atoms. The molecule has 3 N–H and O–H groups in total. The largest absolute Gasteiger partial charge is 0.472 e. The van der Waals surface area contributed by atoms with E-state index in [1.54, 1.807) is 0 Å². The Morgan fingerprint density at radius 1 is 0.309 bits per heavy atom. The van der Waals surface area contributed by atoms with Gasteiger partial charge in [-0.05, 0) is 128 Å². The van der Waals surface area contributed by atoms with Crippen LogP contribution in [0.4, 0.5) is 0 Å². The highest BCUT2D eigenvalue weighted by Crippen LogP contribution is 2.43. The van der Waals surface area contributed by atoms with Crippen LogP contribution in [0.15, 0.2) is 170 Å². The Morgan fingerprint density at radius 2 is 0.536 bits per heavy atom. The summed E-state index contributed by atoms with van der Waals surface area (Å²) in [7, 11) is -4.41. The van der Waals surface area contributed by atoms with Gasteiger partial charge in [-0.2, -0.15) is 0 Å². The van der Waals surface area contributed by atoms with E-state index in [-0.39, 0.29) is 38.6 Å². The first-order valence-electron chi connectivity index (χ1n) is 39.6. The molecule has 0 fully saturated rings. The van der Waals surface area contributed by atoms with Gasteiger partial charge in [0.25, 0.3) is 0 Å². The van der Waals surface area contributed by atoms with Crippen LogP contribution in [0.25, 0.3) is 0 Å². The van der Waals surface area contributed by atoms with Crippen molar-refractivity contribution in [2.75, 3.05) is 26.4 Å². The summed E-state index contributed by atoms with van der Waals surface area (Å²) in [6.45, 7) is 3.53. The van der Waals surface area contributed by atoms with E-state index < -0.39 is 26.5 Å². The fraction of sp³-hybridized carbons (Fsp3) is 0.655. The Bertz CT molecular complexity index is 2210. The van der Waals surface area contributed by atoms with Crippen molar-refractivity contribution in [3.63, 3.8) is 0 Å². The second-order valence-corrected chi connectivity index (χ2v) is 27.3. The van der Waals surface area contributed by atoms with Crippen molar-refractivity contribution in [2.24, 2.45) is 5.73 Å². The standard InChI is InChI=1S/C87H146NO8P/c1-3-5-7-9-11-13-15-17-19-21-23-25-27-29-31-33-35-37-39-41-42-44-46-48-50-52-54-56-58-60-62-64-66-68-70-72-74-76-78-80-87(90)96-85(84-95-97(91,92)94-82-81-88)83-93-86(89)79-77-75-73-71-69-67-65-63-61-59-57-55-53-51-49-47-45-43-40-38-36-34-32-30-28-26-24-22-20-18-16-14-12-10-8-6-4-2/h5-8,11-14,17-20,23-26,29-32,35,37,41-42,46,48,52,54,85H,3-4,9-10,15-16,21-22,27-28,33-34,36,38-40,43-45,47,49-51,53,55-84,88H2,1-2H3,(H,91,92)/b7-5-,8-6-,13-11-,14-12-,19-17-,20-18-,25-23-,26-24-,31-29-,32-30-,37-35-,42-41-,48-46-,54-52-. The molecule has 0 aliphatic heterocycles. The van der Waals surface area contributed by atoms with E-state index in [4.69, 9.17) is 24.3 Å². The second-order valence-electron chi connectivity index (χ2n) is 25.8. The molecule has 0 bridgehead atoms. The minimum Gasteiger partial charge on any atom is -0.462 e. The predicted octanol–water partition coefficient (Wildman–Crippen LogP) is 26.9. The summed E-state index contributed by atoms with van der Waals surface area (Å²) in [5.74, 6) is -0.827. The van der Waals surface area contributed by atoms with E-state index in [0.29, 0.717) is 6.42 Å². The number of phosphoric acid groups is 1. The third kappa shape index (κ3) is 80.2. The van der Waals surface area contributed by atoms with E-state index in [2.05, 4.69) is 184 Å². The highest BCUT2D eigenvalue weighted by molar-refractivity contribution is 7.47. The summed E-state index contributed by atoms with van der Waals surface area (Å²) in [5.41, 5.74) is 5.41. The van der Waals surface area contributed by atoms with Gasteiger partial charge in [-0.15, -0.1) is 0 Å². The van der Waals surface area contributed by atoms with Crippen LogP contribution in [-0.4, -0.2) is 49.3 Å². The predicted molar refractivity (Wildman–Crippen MR) is 422 cm³/mol. The highest BCUT2D eigenvalue weighted by atomic mass is 31.2. The van der Waals surface area contributed by atoms with Crippen LogP contribution in [0.5, 0.6) is 0 Å². The summed E-state index contributed by atoms with van der Waals surface area (Å²) < 4.78 is 33.3. The van der Waals surface area contributed by atoms with Crippen LogP contribution in [0, 0.1) is 0 Å². The minimum atomic E-state index is -4.41. The fourth-order valence-corrected chi connectivity index (χ4v) is 11.6. The number of phosphoric ester groups is 1. The average Bonchev–Trinajstić information content (AvgIpc) is 2.88. The topological polar surface area (TPSA) is 134 Å². The first-order valence-corrected chi connectivity index (χ1v) is 41.1. The number of nitrogens with two attached hydrogens (primary N) is 1. The number of ether oxygens (including phenoxy) is 2. The summed E-state index contributed by atoms with van der Waals surface area (Å²) in [6, 6.07) is 0. The van der Waals surface area contributed by atoms with E-state index in [1.165, 1.54) is 167 Å². The van der Waals surface area contributed by atoms with Crippen molar-refractivity contribution >= 4 is 19.8 Å². The number of carbonyl (C=O) groups is 2. The molecule has 0 saturated carbocycles. The first kappa shape index (κ1) is 92.4. The normalized spacial score (nSPS) is 13.8. The van der Waals surface area contributed by atoms with E-state index in [0.717, 1.165) is 135 Å². The van der Waals surface area contributed by atoms with E-state index >= 15 is 0 Å². The number of allylic oxidation sites excluding steroid dienone is 28. The zero-order chi connectivity index (χ0) is 70.0. The van der Waals surface area contributed by atoms with Crippen molar-refractivity contribution in [2.45, 2.75) is 341 Å². The number of carbonyl (C=O) groups excluding carboxylic acids is 2. The molecule has 0 aliphatic rings. The third-order valence-corrected chi connectivity index (χ3v) is 17.6. The van der Waals surface area contributed by atoms with Crippen LogP contribution < -0.4 is 5.73 Å². The zero-order valence-electron chi connectivity index (χ0n) is 62.3. The molecule has 0 saturated heterocycles. The minimum absolute atomic E-state index is 0.0476. The van der Waals surface area contributed by atoms with Gasteiger partial charge in [0.2, 0.25) is 0 Å². The van der Waals surface area contributed by atoms with Gasteiger partial charge >= 0.3 is 19.8 Å². The van der Waals surface area contributed by atoms with Crippen LogP contribution in [0.3, 0.4) is 0 Å². The lowest BCUT2D eigenvalue weighted by Crippen LogP contribution is -2.29. The molecule has 0 rings (SSSR count). The SMILES string of the molecule is CC/C=C\C/C=C\C/C=C\C/C=C\C/C=C\C/C=C\C/C=C\C/C=C\C/C=C\CCCCCCCCCCCCCC(=O)OC(COC(=O)CCCCCCCCCCCCCCCCCCCCCCC/C=C\C/C=C\C/C=C\C/C=C\C/C=C\CC)COP(=O)(O)OCCN. The smallest absolute Gasteiger partial charge is 0.462 e. The molecule has 0 heterocycles. The molecule has 2 atom stereocenters. The first-order chi connectivity index (χ1) is 47.8. The Kier molecular flexibility index (Phi) is 76.5. The van der Waals surface area contributed by atoms with Crippen LogP contribution >= 0.6 is 7.82 Å². The molecule has 0 aromatic carbocycles. The van der Waals surface area contributed by atoms with Gasteiger partial charge in [0.15, 0.2) is 6.10 Å². The maximum Gasteiger partial charge on any atom is 0.472 e. The Labute approximate surface area is 597 Å². The van der Waals surface area contributed by atoms with Gasteiger partial charge in [0.05, 0.1) is 13.2 Å². The van der Waals surface area contributed by atoms with Gasteiger partial charge in [0.1, 0.15) is 6.61 Å². The second kappa shape index (κ2) is 80.3. The zero-order valence-corrected chi connectivity index (χ0v) is 63.2. The van der Waals surface area contributed by atoms with Gasteiger partial charge in [-0.3, -0.25) is 18.6 Å². The molecule has 2 unspecified atom stereocenters. The van der Waals surface area contributed by atoms with Crippen LogP contribution in [0.1, 0.15) is 335 Å². The number of rotatable bonds is 73. The summed E-state index contributed by atoms with van der Waals surface area (Å²) in [4.78, 5) is 35.5. The number of esters is 2. The maximum atomic E-state index is 12.8. The number of unbranched alkanes of at least 4 members (excludes halogenated alkanes) is 32. The maximum absolute atomic E-state index is 12.8. The Balaban J connectivity index is 3.87. The van der Waals surface area contributed by atoms with Gasteiger partial charge in [0, 0.05) is 19.4 Å². The van der Waals surface area contributed by atoms with Crippen molar-refractivity contribution in [3.8, 4) is 0 Å². The molecule has 0 amide bonds. The van der Waals surface area contributed by atoms with Gasteiger partial charge in [-0.25, -0.2) is 4.57 Å². The van der Waals surface area contributed by atoms with E-state index in [1.807, 2.05) is 0 Å². The average molecular weight is 1370 g/mol. The summed E-state index contributed by atoms with van der Waals surface area (Å²) in [5, 5.41) is 0. The number of hydrogen-bond acceptors (Lipinski definition) is 8. The van der Waals surface area contributed by atoms with Gasteiger partial charge in [-0.1, -0.05) is 364 Å². The monoisotopic (exact) mass is 1360 g/mol. The fourth-order valence-electron chi connectivity index (χ4n) is 10.8. The molecule has 0 aromatic rings. The lowest BCUT2D eigenvalue weighted by molar-refractivity contribution is -0.161. The van der Waals surface area contributed by atoms with Crippen molar-refractivity contribution in [1.82, 2.24) is 0 Å². The molecule has 0 radical (unpaired) electrons. The molecular weight excluding hydrogens is 1220 g/mol. The van der Waals surface area contributed by atoms with Crippen molar-refractivity contribution < 1.29 is 37.6 Å². The quantitative estimate of drug-likeness (QED) is 0.0264. The van der Waals surface area contributed by atoms with E-state index in [9.17, 15) is 19.0 Å². The molecule has 97 heavy (non-hydrogen) atoms. The van der Waals surface area contributed by atoms with Crippen LogP contribution in [0.2, 0.25) is 0 Å². The Morgan fingerprint density at radius 3 is 0.794 bits per heavy atom. The molecule has 9 nitrogen and oxygen atoms in total. The van der Waals surface area contributed by atoms with Gasteiger partial charge < -0.3 is 20.1 Å². The molecule has 552 valence electrons. The summed E-state index contributed by atoms with van der Waals surface area (Å²) in [6.07, 6.45) is 119. The molecule has 0 aliphatic carbocycles. The molecular formula is C87H146NO8P. The Hall–Kier alpha value is -4.63. The lowest BCUT2D eigenvalue weighted by Gasteiger charge is -2.19.